The molecule has 3 aromatic rings. The van der Waals surface area contributed by atoms with E-state index in [1.165, 1.54) is 25.3 Å². The number of urea groups is 1. The van der Waals surface area contributed by atoms with E-state index in [0.717, 1.165) is 10.5 Å². The third-order valence-corrected chi connectivity index (χ3v) is 6.34. The van der Waals surface area contributed by atoms with Gasteiger partial charge in [0.2, 0.25) is 5.76 Å². The minimum absolute atomic E-state index is 0.0246. The molecule has 0 saturated carbocycles. The van der Waals surface area contributed by atoms with Crippen molar-refractivity contribution in [3.63, 3.8) is 0 Å². The van der Waals surface area contributed by atoms with E-state index in [2.05, 4.69) is 48.0 Å². The van der Waals surface area contributed by atoms with Gasteiger partial charge in [0.05, 0.1) is 34.2 Å². The Labute approximate surface area is 222 Å². The normalized spacial score (nSPS) is 14.1. The van der Waals surface area contributed by atoms with Crippen molar-refractivity contribution >= 4 is 55.8 Å². The van der Waals surface area contributed by atoms with Crippen molar-refractivity contribution in [3.05, 3.63) is 91.4 Å². The Morgan fingerprint density at radius 2 is 1.89 bits per heavy atom. The fraction of sp³-hybridized carbons (Fsp3) is 0.120. The first kappa shape index (κ1) is 25.2. The second kappa shape index (κ2) is 10.8. The topological polar surface area (TPSA) is 122 Å². The summed E-state index contributed by atoms with van der Waals surface area (Å²) < 4.78 is 17.1. The van der Waals surface area contributed by atoms with Gasteiger partial charge in [0, 0.05) is 5.56 Å². The van der Waals surface area contributed by atoms with Crippen molar-refractivity contribution in [3.8, 4) is 11.8 Å². The summed E-state index contributed by atoms with van der Waals surface area (Å²) in [4.78, 5) is 37.8. The summed E-state index contributed by atoms with van der Waals surface area (Å²) in [5, 5.41) is 11.8. The molecule has 0 atom stereocenters. The zero-order valence-electron chi connectivity index (χ0n) is 18.7. The summed E-state index contributed by atoms with van der Waals surface area (Å²) in [5.41, 5.74) is 1.98. The van der Waals surface area contributed by atoms with Gasteiger partial charge in [0.25, 0.3) is 5.91 Å². The SMILES string of the molecule is COC(=O)c1ccc(CN2C(=O)N/C(=C\c3cc(Br)c(OCc4ccccc4C#N)c(Br)c3)C2=O)o1. The van der Waals surface area contributed by atoms with Crippen LogP contribution < -0.4 is 10.1 Å². The number of halogens is 2. The number of amides is 3. The van der Waals surface area contributed by atoms with E-state index in [1.807, 2.05) is 12.1 Å². The predicted molar refractivity (Wildman–Crippen MR) is 134 cm³/mol. The molecule has 0 spiro atoms. The third-order valence-electron chi connectivity index (χ3n) is 5.17. The quantitative estimate of drug-likeness (QED) is 0.222. The second-order valence-corrected chi connectivity index (χ2v) is 9.22. The molecular weight excluding hydrogens is 598 g/mol. The minimum Gasteiger partial charge on any atom is -0.486 e. The number of furan rings is 1. The first-order chi connectivity index (χ1) is 17.3. The van der Waals surface area contributed by atoms with Gasteiger partial charge in [-0.1, -0.05) is 18.2 Å². The zero-order chi connectivity index (χ0) is 25.8. The lowest BCUT2D eigenvalue weighted by atomic mass is 10.1. The Balaban J connectivity index is 1.49. The van der Waals surface area contributed by atoms with Gasteiger partial charge in [-0.2, -0.15) is 5.26 Å². The number of ether oxygens (including phenoxy) is 2. The molecule has 1 aliphatic rings. The van der Waals surface area contributed by atoms with Crippen LogP contribution >= 0.6 is 31.9 Å². The van der Waals surface area contributed by atoms with Crippen molar-refractivity contribution in [2.45, 2.75) is 13.2 Å². The van der Waals surface area contributed by atoms with Crippen LogP contribution in [0.2, 0.25) is 0 Å². The summed E-state index contributed by atoms with van der Waals surface area (Å²) in [6.45, 7) is 0.0404. The van der Waals surface area contributed by atoms with Gasteiger partial charge in [-0.15, -0.1) is 0 Å². The molecule has 1 fully saturated rings. The van der Waals surface area contributed by atoms with Crippen LogP contribution in [0.15, 0.2) is 67.6 Å². The fourth-order valence-corrected chi connectivity index (χ4v) is 4.87. The number of benzene rings is 2. The molecule has 2 aromatic carbocycles. The van der Waals surface area contributed by atoms with Gasteiger partial charge in [0.1, 0.15) is 23.8 Å². The van der Waals surface area contributed by atoms with E-state index in [-0.39, 0.29) is 30.4 Å². The van der Waals surface area contributed by atoms with Gasteiger partial charge in [-0.3, -0.25) is 9.69 Å². The minimum atomic E-state index is -0.656. The molecule has 182 valence electrons. The monoisotopic (exact) mass is 613 g/mol. The molecule has 0 aliphatic carbocycles. The predicted octanol–water partition coefficient (Wildman–Crippen LogP) is 5.13. The molecule has 3 amide bonds. The van der Waals surface area contributed by atoms with Crippen LogP contribution in [0, 0.1) is 11.3 Å². The lowest BCUT2D eigenvalue weighted by Crippen LogP contribution is -2.30. The second-order valence-electron chi connectivity index (χ2n) is 7.51. The van der Waals surface area contributed by atoms with Crippen LogP contribution in [0.25, 0.3) is 6.08 Å². The lowest BCUT2D eigenvalue weighted by molar-refractivity contribution is -0.123. The van der Waals surface area contributed by atoms with E-state index >= 15 is 0 Å². The Bertz CT molecular complexity index is 1420. The van der Waals surface area contributed by atoms with Crippen LogP contribution in [-0.2, 0) is 22.7 Å². The summed E-state index contributed by atoms with van der Waals surface area (Å²) in [5.74, 6) is -0.449. The molecular formula is C25H17Br2N3O6. The average molecular weight is 615 g/mol. The molecule has 11 heteroatoms. The van der Waals surface area contributed by atoms with Crippen LogP contribution in [0.3, 0.4) is 0 Å². The van der Waals surface area contributed by atoms with Gasteiger partial charge in [-0.25, -0.2) is 9.59 Å². The molecule has 1 saturated heterocycles. The van der Waals surface area contributed by atoms with Gasteiger partial charge < -0.3 is 19.2 Å². The molecule has 0 bridgehead atoms. The summed E-state index contributed by atoms with van der Waals surface area (Å²) in [6.07, 6.45) is 1.53. The highest BCUT2D eigenvalue weighted by molar-refractivity contribution is 9.11. The number of rotatable bonds is 7. The zero-order valence-corrected chi connectivity index (χ0v) is 21.9. The first-order valence-corrected chi connectivity index (χ1v) is 12.0. The Hall–Kier alpha value is -3.88. The highest BCUT2D eigenvalue weighted by Crippen LogP contribution is 2.36. The Morgan fingerprint density at radius 3 is 2.58 bits per heavy atom. The number of nitrogens with one attached hydrogen (secondary N) is 1. The van der Waals surface area contributed by atoms with Crippen molar-refractivity contribution in [2.24, 2.45) is 0 Å². The highest BCUT2D eigenvalue weighted by Gasteiger charge is 2.34. The number of hydrogen-bond acceptors (Lipinski definition) is 7. The van der Waals surface area contributed by atoms with E-state index < -0.39 is 17.9 Å². The Kier molecular flexibility index (Phi) is 7.57. The van der Waals surface area contributed by atoms with E-state index in [0.29, 0.717) is 25.8 Å². The van der Waals surface area contributed by atoms with E-state index in [4.69, 9.17) is 9.15 Å². The lowest BCUT2D eigenvalue weighted by Gasteiger charge is -2.12. The number of nitriles is 1. The Morgan fingerprint density at radius 1 is 1.17 bits per heavy atom. The highest BCUT2D eigenvalue weighted by atomic mass is 79.9. The fourth-order valence-electron chi connectivity index (χ4n) is 3.42. The standard InChI is InChI=1S/C25H17Br2N3O6/c1-34-24(32)21-7-6-17(36-21)12-30-23(31)20(29-25(30)33)10-14-8-18(26)22(19(27)9-14)35-13-16-5-3-2-4-15(16)11-28/h2-10H,12-13H2,1H3,(H,29,33)/b20-10-. The molecule has 0 radical (unpaired) electrons. The number of imide groups is 1. The number of carbonyl (C=O) groups excluding carboxylic acids is 3. The number of nitrogens with zero attached hydrogens (tertiary/aromatic N) is 2. The molecule has 1 aliphatic heterocycles. The molecule has 9 nitrogen and oxygen atoms in total. The smallest absolute Gasteiger partial charge is 0.373 e. The molecule has 2 heterocycles. The average Bonchev–Trinajstić information content (AvgIpc) is 3.43. The number of esters is 1. The number of methoxy groups -OCH3 is 1. The molecule has 0 unspecified atom stereocenters. The maximum atomic E-state index is 12.8. The van der Waals surface area contributed by atoms with Crippen molar-refractivity contribution in [2.75, 3.05) is 7.11 Å². The van der Waals surface area contributed by atoms with Crippen molar-refractivity contribution in [1.82, 2.24) is 10.2 Å². The molecule has 1 N–H and O–H groups in total. The third kappa shape index (κ3) is 5.35. The largest absolute Gasteiger partial charge is 0.486 e. The number of carbonyl (C=O) groups is 3. The van der Waals surface area contributed by atoms with Crippen LogP contribution in [0.4, 0.5) is 4.79 Å². The van der Waals surface area contributed by atoms with Crippen LogP contribution in [-0.4, -0.2) is 29.9 Å². The van der Waals surface area contributed by atoms with Crippen LogP contribution in [0.5, 0.6) is 5.75 Å². The molecule has 4 rings (SSSR count). The summed E-state index contributed by atoms with van der Waals surface area (Å²) in [7, 11) is 1.22. The maximum Gasteiger partial charge on any atom is 0.373 e. The first-order valence-electron chi connectivity index (χ1n) is 10.4. The molecule has 36 heavy (non-hydrogen) atoms. The van der Waals surface area contributed by atoms with Crippen molar-refractivity contribution in [1.29, 1.82) is 5.26 Å². The number of hydrogen-bond donors (Lipinski definition) is 1. The van der Waals surface area contributed by atoms with Crippen molar-refractivity contribution < 1.29 is 28.3 Å². The summed E-state index contributed by atoms with van der Waals surface area (Å²) >= 11 is 6.95. The van der Waals surface area contributed by atoms with E-state index in [9.17, 15) is 19.6 Å². The molecule has 1 aromatic heterocycles. The van der Waals surface area contributed by atoms with Gasteiger partial charge in [-0.05, 0) is 73.8 Å². The van der Waals surface area contributed by atoms with Gasteiger partial charge >= 0.3 is 12.0 Å². The van der Waals surface area contributed by atoms with Gasteiger partial charge in [0.15, 0.2) is 0 Å². The van der Waals surface area contributed by atoms with Crippen LogP contribution in [0.1, 0.15) is 33.0 Å². The summed E-state index contributed by atoms with van der Waals surface area (Å²) in [6, 6.07) is 15.1. The van der Waals surface area contributed by atoms with E-state index in [1.54, 1.807) is 24.3 Å². The maximum absolute atomic E-state index is 12.8.